The number of hydrogen-bond acceptors (Lipinski definition) is 13. The molecule has 0 bridgehead atoms. The van der Waals surface area contributed by atoms with E-state index in [0.29, 0.717) is 75.7 Å². The number of thioether (sulfide) groups is 1. The van der Waals surface area contributed by atoms with Crippen molar-refractivity contribution in [2.45, 2.75) is 68.6 Å². The van der Waals surface area contributed by atoms with Gasteiger partial charge in [0.2, 0.25) is 5.91 Å². The topological polar surface area (TPSA) is 244 Å². The van der Waals surface area contributed by atoms with Crippen LogP contribution >= 0.6 is 11.8 Å². The van der Waals surface area contributed by atoms with Crippen LogP contribution in [-0.2, 0) is 41.7 Å². The fraction of sp³-hybridized carbons (Fsp3) is 0.588. The predicted molar refractivity (Wildman–Crippen MR) is 191 cm³/mol. The van der Waals surface area contributed by atoms with E-state index in [9.17, 15) is 19.2 Å². The van der Waals surface area contributed by atoms with Gasteiger partial charge in [0, 0.05) is 47.2 Å². The lowest BCUT2D eigenvalue weighted by Crippen LogP contribution is -2.36. The zero-order valence-corrected chi connectivity index (χ0v) is 29.9. The molecule has 284 valence electrons. The largest absolute Gasteiger partial charge is 0.480 e. The lowest BCUT2D eigenvalue weighted by atomic mass is 10.0. The molecule has 2 fully saturated rings. The number of nitrogens with one attached hydrogen (secondary N) is 3. The lowest BCUT2D eigenvalue weighted by molar-refractivity contribution is -0.138. The first-order valence-corrected chi connectivity index (χ1v) is 18.3. The van der Waals surface area contributed by atoms with E-state index in [-0.39, 0.29) is 54.9 Å². The van der Waals surface area contributed by atoms with Gasteiger partial charge in [0.15, 0.2) is 5.78 Å². The van der Waals surface area contributed by atoms with Gasteiger partial charge in [-0.1, -0.05) is 23.5 Å². The number of ether oxygens (including phenoxy) is 4. The van der Waals surface area contributed by atoms with Crippen molar-refractivity contribution in [1.82, 2.24) is 30.9 Å². The maximum absolute atomic E-state index is 12.2. The number of carbonyl (C=O) groups excluding carboxylic acids is 3. The molecule has 2 saturated heterocycles. The van der Waals surface area contributed by atoms with Gasteiger partial charge in [-0.25, -0.2) is 9.48 Å². The van der Waals surface area contributed by atoms with Crippen LogP contribution in [0.1, 0.15) is 53.7 Å². The average Bonchev–Trinajstić information content (AvgIpc) is 3.83. The molecule has 1 aromatic heterocycles. The van der Waals surface area contributed by atoms with Crippen molar-refractivity contribution < 1.29 is 43.2 Å². The molecule has 0 aliphatic carbocycles. The number of carboxylic acids is 1. The highest BCUT2D eigenvalue weighted by molar-refractivity contribution is 8.00. The maximum Gasteiger partial charge on any atom is 0.320 e. The number of nitrogens with two attached hydrogens (primary N) is 2. The highest BCUT2D eigenvalue weighted by atomic mass is 32.2. The Balaban J connectivity index is 0.927. The number of benzene rings is 1. The summed E-state index contributed by atoms with van der Waals surface area (Å²) >= 11 is 1.89. The highest BCUT2D eigenvalue weighted by Gasteiger charge is 2.42. The fourth-order valence-electron chi connectivity index (χ4n) is 5.48. The number of rotatable bonds is 24. The first-order chi connectivity index (χ1) is 25.2. The number of ketones is 1. The van der Waals surface area contributed by atoms with Gasteiger partial charge in [-0.15, -0.1) is 5.10 Å². The number of amides is 3. The normalized spacial score (nSPS) is 18.2. The van der Waals surface area contributed by atoms with E-state index in [1.807, 2.05) is 11.8 Å². The molecule has 17 nitrogen and oxygen atoms in total. The Hall–Kier alpha value is -4.25. The van der Waals surface area contributed by atoms with Gasteiger partial charge in [0.05, 0.1) is 71.1 Å². The van der Waals surface area contributed by atoms with Crippen LogP contribution < -0.4 is 27.4 Å². The van der Waals surface area contributed by atoms with Crippen molar-refractivity contribution >= 4 is 41.1 Å². The van der Waals surface area contributed by atoms with E-state index in [4.69, 9.17) is 35.5 Å². The van der Waals surface area contributed by atoms with Gasteiger partial charge in [0.1, 0.15) is 18.3 Å². The van der Waals surface area contributed by atoms with Crippen molar-refractivity contribution in [1.29, 1.82) is 0 Å². The van der Waals surface area contributed by atoms with Crippen molar-refractivity contribution in [3.05, 3.63) is 41.2 Å². The zero-order chi connectivity index (χ0) is 37.1. The summed E-state index contributed by atoms with van der Waals surface area (Å²) in [4.78, 5) is 46.7. The summed E-state index contributed by atoms with van der Waals surface area (Å²) in [6, 6.07) is 3.74. The molecule has 8 N–H and O–H groups in total. The molecule has 4 rings (SSSR count). The Labute approximate surface area is 306 Å². The minimum absolute atomic E-state index is 0.0231. The molecule has 52 heavy (non-hydrogen) atoms. The van der Waals surface area contributed by atoms with Crippen molar-refractivity contribution in [3.63, 3.8) is 0 Å². The maximum atomic E-state index is 12.2. The zero-order valence-electron chi connectivity index (χ0n) is 29.1. The number of nitrogens with zero attached hydrogens (tertiary/aromatic N) is 3. The van der Waals surface area contributed by atoms with Crippen LogP contribution in [0, 0.1) is 11.8 Å². The number of carboxylic acid groups (broad SMARTS) is 1. The summed E-state index contributed by atoms with van der Waals surface area (Å²) in [7, 11) is 0. The molecule has 3 amide bonds. The fourth-order valence-corrected chi connectivity index (χ4v) is 7.02. The molecule has 2 aliphatic heterocycles. The van der Waals surface area contributed by atoms with Crippen molar-refractivity contribution in [2.75, 3.05) is 64.3 Å². The number of aliphatic carboxylic acids is 1. The van der Waals surface area contributed by atoms with E-state index in [1.165, 1.54) is 6.07 Å². The van der Waals surface area contributed by atoms with Gasteiger partial charge in [-0.3, -0.25) is 14.4 Å². The van der Waals surface area contributed by atoms with Gasteiger partial charge in [-0.2, -0.15) is 11.8 Å². The molecular formula is C34H48N8O9S. The van der Waals surface area contributed by atoms with E-state index in [2.05, 4.69) is 38.1 Å². The van der Waals surface area contributed by atoms with Gasteiger partial charge in [-0.05, 0) is 31.0 Å². The average molecular weight is 745 g/mol. The second kappa shape index (κ2) is 22.0. The van der Waals surface area contributed by atoms with E-state index in [0.717, 1.165) is 25.0 Å². The van der Waals surface area contributed by atoms with Crippen molar-refractivity contribution in [2.24, 2.45) is 5.73 Å². The molecular weight excluding hydrogens is 696 g/mol. The van der Waals surface area contributed by atoms with Crippen LogP contribution in [-0.4, -0.2) is 126 Å². The summed E-state index contributed by atoms with van der Waals surface area (Å²) in [6.07, 6.45) is 4.68. The van der Waals surface area contributed by atoms with Crippen LogP contribution in [0.25, 0.3) is 0 Å². The molecule has 1 unspecified atom stereocenters. The Bertz CT molecular complexity index is 1550. The standard InChI is InChI=1S/C34H48N8O9S/c35-26-18-23(7-8-25(26)29(43)19-27(36)33(45)46)4-3-11-51-21-24-20-42(41-40-24)10-13-49-15-17-50-16-14-48-12-9-37-31(44)6-2-1-5-30-32-28(22-52-30)38-34(47)39-32/h7-8,18,20,27-28,30,32H,1-2,5-6,9-17,19,21-22,35-36H2,(H,37,44)(H,45,46)(H2,38,39,47)/t27-,28?,30-,32-/m0/s1. The third kappa shape index (κ3) is 14.1. The third-order valence-electron chi connectivity index (χ3n) is 8.18. The van der Waals surface area contributed by atoms with Gasteiger partial charge in [0.25, 0.3) is 0 Å². The number of Topliss-reactive ketones (excluding diaryl/α,β-unsaturated/α-hetero) is 1. The van der Waals surface area contributed by atoms with Crippen LogP contribution in [0.15, 0.2) is 24.4 Å². The molecule has 2 aliphatic rings. The second-order valence-corrected chi connectivity index (χ2v) is 13.5. The molecule has 0 saturated carbocycles. The van der Waals surface area contributed by atoms with Gasteiger partial charge < -0.3 is 51.5 Å². The van der Waals surface area contributed by atoms with Crippen LogP contribution in [0.5, 0.6) is 0 Å². The van der Waals surface area contributed by atoms with Crippen LogP contribution in [0.2, 0.25) is 0 Å². The number of carbonyl (C=O) groups is 4. The Morgan fingerprint density at radius 3 is 2.62 bits per heavy atom. The van der Waals surface area contributed by atoms with Crippen molar-refractivity contribution in [3.8, 4) is 11.8 Å². The minimum Gasteiger partial charge on any atom is -0.480 e. The van der Waals surface area contributed by atoms with Crippen LogP contribution in [0.4, 0.5) is 10.5 Å². The summed E-state index contributed by atoms with van der Waals surface area (Å²) in [5.41, 5.74) is 13.0. The number of fused-ring (bicyclic) bond motifs is 1. The number of hydrogen-bond donors (Lipinski definition) is 6. The summed E-state index contributed by atoms with van der Waals surface area (Å²) in [6.45, 7) is 3.89. The molecule has 1 aromatic carbocycles. The molecule has 0 radical (unpaired) electrons. The van der Waals surface area contributed by atoms with Crippen LogP contribution in [0.3, 0.4) is 0 Å². The number of anilines is 1. The first-order valence-electron chi connectivity index (χ1n) is 17.2. The summed E-state index contributed by atoms with van der Waals surface area (Å²) in [5.74, 6) is 5.04. The lowest BCUT2D eigenvalue weighted by Gasteiger charge is -2.16. The Morgan fingerprint density at radius 2 is 1.85 bits per heavy atom. The molecule has 2 aromatic rings. The molecule has 18 heteroatoms. The quantitative estimate of drug-likeness (QED) is 0.0279. The first kappa shape index (κ1) is 40.5. The summed E-state index contributed by atoms with van der Waals surface area (Å²) in [5, 5.41) is 26.3. The number of unbranched alkanes of at least 4 members (excludes halogenated alkanes) is 1. The van der Waals surface area contributed by atoms with E-state index < -0.39 is 17.8 Å². The monoisotopic (exact) mass is 744 g/mol. The minimum atomic E-state index is -1.29. The SMILES string of the molecule is Nc1cc(C#CCOCc2cn(CCOCCOCCOCCNC(=O)CCCC[C@@H]3SCC4NC(=O)N[C@@H]43)nn2)ccc1C(=O)C[C@H](N)C(=O)O. The molecule has 0 spiro atoms. The van der Waals surface area contributed by atoms with Gasteiger partial charge >= 0.3 is 12.0 Å². The second-order valence-electron chi connectivity index (χ2n) is 12.2. The smallest absolute Gasteiger partial charge is 0.320 e. The summed E-state index contributed by atoms with van der Waals surface area (Å²) < 4.78 is 23.8. The predicted octanol–water partition coefficient (Wildman–Crippen LogP) is 0.305. The number of aromatic nitrogens is 3. The van der Waals surface area contributed by atoms with E-state index in [1.54, 1.807) is 23.0 Å². The Kier molecular flexibility index (Phi) is 17.1. The highest BCUT2D eigenvalue weighted by Crippen LogP contribution is 2.33. The molecule has 4 atom stereocenters. The molecule has 3 heterocycles. The third-order valence-corrected chi connectivity index (χ3v) is 9.68. The van der Waals surface area contributed by atoms with E-state index >= 15 is 0 Å². The number of urea groups is 1. The Morgan fingerprint density at radius 1 is 1.08 bits per heavy atom. The number of nitrogen functional groups attached to an aromatic ring is 1.